The number of pyridine rings is 1. The predicted octanol–water partition coefficient (Wildman–Crippen LogP) is 1.46. The molecule has 0 aliphatic heterocycles. The fraction of sp³-hybridized carbons (Fsp3) is 0.286. The molecule has 18 heavy (non-hydrogen) atoms. The first kappa shape index (κ1) is 12.5. The first-order valence-electron chi connectivity index (χ1n) is 6.04. The molecule has 0 unspecified atom stereocenters. The van der Waals surface area contributed by atoms with E-state index in [0.717, 1.165) is 18.5 Å². The van der Waals surface area contributed by atoms with Gasteiger partial charge in [0.2, 0.25) is 5.91 Å². The largest absolute Gasteiger partial charge is 0.355 e. The van der Waals surface area contributed by atoms with Crippen LogP contribution in [0, 0.1) is 0 Å². The van der Waals surface area contributed by atoms with Gasteiger partial charge in [-0.3, -0.25) is 9.78 Å². The summed E-state index contributed by atoms with van der Waals surface area (Å²) in [5.41, 5.74) is 1.25. The van der Waals surface area contributed by atoms with E-state index in [1.54, 1.807) is 0 Å². The third-order valence-electron chi connectivity index (χ3n) is 2.76. The van der Waals surface area contributed by atoms with Crippen LogP contribution in [-0.4, -0.2) is 24.0 Å². The molecule has 4 heteroatoms. The monoisotopic (exact) mass is 243 g/mol. The van der Waals surface area contributed by atoms with Crippen molar-refractivity contribution in [3.63, 3.8) is 0 Å². The Labute approximate surface area is 106 Å². The van der Waals surface area contributed by atoms with Crippen LogP contribution in [0.1, 0.15) is 12.5 Å². The second-order valence-corrected chi connectivity index (χ2v) is 4.17. The molecule has 0 saturated heterocycles. The Morgan fingerprint density at radius 3 is 3.00 bits per heavy atom. The van der Waals surface area contributed by atoms with E-state index in [4.69, 9.17) is 0 Å². The lowest BCUT2D eigenvalue weighted by molar-refractivity contribution is -0.118. The second-order valence-electron chi connectivity index (χ2n) is 4.17. The van der Waals surface area contributed by atoms with Crippen molar-refractivity contribution in [2.45, 2.75) is 13.5 Å². The number of rotatable bonds is 5. The molecule has 0 aliphatic rings. The summed E-state index contributed by atoms with van der Waals surface area (Å²) in [6.45, 7) is 3.74. The first-order valence-corrected chi connectivity index (χ1v) is 6.04. The van der Waals surface area contributed by atoms with Crippen LogP contribution in [0.5, 0.6) is 0 Å². The number of carbonyl (C=O) groups excluding carboxylic acids is 1. The number of carbonyl (C=O) groups is 1. The van der Waals surface area contributed by atoms with Gasteiger partial charge in [0.05, 0.1) is 0 Å². The number of hydrogen-bond donors (Lipinski definition) is 2. The molecule has 2 rings (SSSR count). The fourth-order valence-corrected chi connectivity index (χ4v) is 1.89. The Hall–Kier alpha value is -1.94. The maximum Gasteiger partial charge on any atom is 0.216 e. The van der Waals surface area contributed by atoms with Crippen molar-refractivity contribution in [1.82, 2.24) is 15.6 Å². The highest BCUT2D eigenvalue weighted by Crippen LogP contribution is 2.16. The molecule has 0 fully saturated rings. The Morgan fingerprint density at radius 1 is 1.28 bits per heavy atom. The van der Waals surface area contributed by atoms with Gasteiger partial charge in [-0.05, 0) is 17.0 Å². The van der Waals surface area contributed by atoms with Crippen molar-refractivity contribution in [1.29, 1.82) is 0 Å². The van der Waals surface area contributed by atoms with Crippen LogP contribution in [0.15, 0.2) is 36.7 Å². The number of hydrogen-bond acceptors (Lipinski definition) is 3. The van der Waals surface area contributed by atoms with Crippen LogP contribution < -0.4 is 10.6 Å². The van der Waals surface area contributed by atoms with E-state index < -0.39 is 0 Å². The molecule has 0 spiro atoms. The maximum absolute atomic E-state index is 10.7. The Morgan fingerprint density at radius 2 is 2.17 bits per heavy atom. The smallest absolute Gasteiger partial charge is 0.216 e. The van der Waals surface area contributed by atoms with Gasteiger partial charge in [-0.15, -0.1) is 0 Å². The summed E-state index contributed by atoms with van der Waals surface area (Å²) in [7, 11) is 0. The SMILES string of the molecule is CC(=O)NCCNCc1cccc2cnccc12. The second kappa shape index (κ2) is 6.12. The first-order chi connectivity index (χ1) is 8.77. The van der Waals surface area contributed by atoms with Crippen LogP contribution in [0.25, 0.3) is 10.8 Å². The van der Waals surface area contributed by atoms with Gasteiger partial charge in [-0.1, -0.05) is 18.2 Å². The average Bonchev–Trinajstić information content (AvgIpc) is 2.38. The summed E-state index contributed by atoms with van der Waals surface area (Å²) < 4.78 is 0. The van der Waals surface area contributed by atoms with Gasteiger partial charge >= 0.3 is 0 Å². The van der Waals surface area contributed by atoms with Gasteiger partial charge < -0.3 is 10.6 Å². The van der Waals surface area contributed by atoms with E-state index in [1.807, 2.05) is 24.5 Å². The fourth-order valence-electron chi connectivity index (χ4n) is 1.89. The van der Waals surface area contributed by atoms with E-state index in [9.17, 15) is 4.79 Å². The maximum atomic E-state index is 10.7. The summed E-state index contributed by atoms with van der Waals surface area (Å²) in [4.78, 5) is 14.8. The summed E-state index contributed by atoms with van der Waals surface area (Å²) in [5.74, 6) is 0.00744. The molecule has 1 aromatic heterocycles. The molecule has 1 amide bonds. The molecule has 0 atom stereocenters. The molecule has 2 N–H and O–H groups in total. The number of amides is 1. The van der Waals surface area contributed by atoms with Crippen LogP contribution in [0.3, 0.4) is 0 Å². The highest BCUT2D eigenvalue weighted by molar-refractivity contribution is 5.84. The number of nitrogens with zero attached hydrogens (tertiary/aromatic N) is 1. The topological polar surface area (TPSA) is 54.0 Å². The molecular formula is C14H17N3O. The zero-order valence-corrected chi connectivity index (χ0v) is 10.4. The van der Waals surface area contributed by atoms with E-state index in [-0.39, 0.29) is 5.91 Å². The standard InChI is InChI=1S/C14H17N3O/c1-11(18)17-8-7-16-10-13-4-2-3-12-9-15-6-5-14(12)13/h2-6,9,16H,7-8,10H2,1H3,(H,17,18). The molecule has 0 radical (unpaired) electrons. The van der Waals surface area contributed by atoms with E-state index >= 15 is 0 Å². The molecule has 94 valence electrons. The van der Waals surface area contributed by atoms with Crippen LogP contribution in [0.2, 0.25) is 0 Å². The van der Waals surface area contributed by atoms with Crippen molar-refractivity contribution < 1.29 is 4.79 Å². The highest BCUT2D eigenvalue weighted by Gasteiger charge is 1.99. The predicted molar refractivity (Wildman–Crippen MR) is 72.1 cm³/mol. The van der Waals surface area contributed by atoms with Crippen molar-refractivity contribution in [3.05, 3.63) is 42.2 Å². The minimum Gasteiger partial charge on any atom is -0.355 e. The van der Waals surface area contributed by atoms with Gasteiger partial charge in [-0.25, -0.2) is 0 Å². The van der Waals surface area contributed by atoms with Gasteiger partial charge in [0.1, 0.15) is 0 Å². The molecule has 2 aromatic rings. The van der Waals surface area contributed by atoms with E-state index in [1.165, 1.54) is 17.9 Å². The third-order valence-corrected chi connectivity index (χ3v) is 2.76. The number of fused-ring (bicyclic) bond motifs is 1. The van der Waals surface area contributed by atoms with Crippen LogP contribution in [-0.2, 0) is 11.3 Å². The van der Waals surface area contributed by atoms with E-state index in [2.05, 4.69) is 27.8 Å². The lowest BCUT2D eigenvalue weighted by atomic mass is 10.1. The van der Waals surface area contributed by atoms with Crippen molar-refractivity contribution in [3.8, 4) is 0 Å². The summed E-state index contributed by atoms with van der Waals surface area (Å²) in [6, 6.07) is 8.23. The third kappa shape index (κ3) is 3.28. The van der Waals surface area contributed by atoms with Crippen molar-refractivity contribution in [2.75, 3.05) is 13.1 Å². The normalized spacial score (nSPS) is 10.5. The van der Waals surface area contributed by atoms with Gasteiger partial charge in [0.15, 0.2) is 0 Å². The lowest BCUT2D eigenvalue weighted by Crippen LogP contribution is -2.29. The van der Waals surface area contributed by atoms with Gasteiger partial charge in [0, 0.05) is 44.3 Å². The molecule has 1 aromatic carbocycles. The minimum atomic E-state index is 0.00744. The van der Waals surface area contributed by atoms with Crippen molar-refractivity contribution >= 4 is 16.7 Å². The number of benzene rings is 1. The number of nitrogens with one attached hydrogen (secondary N) is 2. The lowest BCUT2D eigenvalue weighted by Gasteiger charge is -2.08. The van der Waals surface area contributed by atoms with Gasteiger partial charge in [0.25, 0.3) is 0 Å². The van der Waals surface area contributed by atoms with Gasteiger partial charge in [-0.2, -0.15) is 0 Å². The zero-order chi connectivity index (χ0) is 12.8. The molecule has 4 nitrogen and oxygen atoms in total. The van der Waals surface area contributed by atoms with Crippen LogP contribution in [0.4, 0.5) is 0 Å². The molecule has 0 saturated carbocycles. The van der Waals surface area contributed by atoms with Crippen LogP contribution >= 0.6 is 0 Å². The van der Waals surface area contributed by atoms with Crippen molar-refractivity contribution in [2.24, 2.45) is 0 Å². The highest BCUT2D eigenvalue weighted by atomic mass is 16.1. The minimum absolute atomic E-state index is 0.00744. The summed E-state index contributed by atoms with van der Waals surface area (Å²) in [6.07, 6.45) is 3.68. The molecule has 0 aliphatic carbocycles. The molecule has 0 bridgehead atoms. The zero-order valence-electron chi connectivity index (χ0n) is 10.4. The Balaban J connectivity index is 1.93. The number of aromatic nitrogens is 1. The Bertz CT molecular complexity index is 534. The Kier molecular flexibility index (Phi) is 4.25. The average molecular weight is 243 g/mol. The van der Waals surface area contributed by atoms with E-state index in [0.29, 0.717) is 6.54 Å². The summed E-state index contributed by atoms with van der Waals surface area (Å²) >= 11 is 0. The molecule has 1 heterocycles. The molecular weight excluding hydrogens is 226 g/mol. The quantitative estimate of drug-likeness (QED) is 0.782. The summed E-state index contributed by atoms with van der Waals surface area (Å²) in [5, 5.41) is 8.44.